The zero-order valence-corrected chi connectivity index (χ0v) is 13.3. The van der Waals surface area contributed by atoms with E-state index in [1.54, 1.807) is 11.3 Å². The highest BCUT2D eigenvalue weighted by Crippen LogP contribution is 2.34. The van der Waals surface area contributed by atoms with E-state index in [9.17, 15) is 18.0 Å². The number of amides is 1. The van der Waals surface area contributed by atoms with Gasteiger partial charge in [-0.3, -0.25) is 4.79 Å². The predicted octanol–water partition coefficient (Wildman–Crippen LogP) is 4.27. The first kappa shape index (κ1) is 17.5. The molecule has 0 aliphatic carbocycles. The summed E-state index contributed by atoms with van der Waals surface area (Å²) in [5.74, 6) is -0.452. The second kappa shape index (κ2) is 7.61. The number of para-hydroxylation sites is 1. The van der Waals surface area contributed by atoms with Gasteiger partial charge in [0.1, 0.15) is 0 Å². The van der Waals surface area contributed by atoms with Crippen LogP contribution in [0.1, 0.15) is 24.5 Å². The van der Waals surface area contributed by atoms with Gasteiger partial charge in [0.05, 0.1) is 11.3 Å². The van der Waals surface area contributed by atoms with Crippen LogP contribution in [0.15, 0.2) is 41.1 Å². The lowest BCUT2D eigenvalue weighted by molar-refractivity contribution is -0.137. The maximum Gasteiger partial charge on any atom is 0.418 e. The largest absolute Gasteiger partial charge is 0.418 e. The van der Waals surface area contributed by atoms with Crippen molar-refractivity contribution in [1.29, 1.82) is 0 Å². The van der Waals surface area contributed by atoms with Crippen LogP contribution >= 0.6 is 11.3 Å². The normalized spacial score (nSPS) is 12.9. The summed E-state index contributed by atoms with van der Waals surface area (Å²) >= 11 is 1.58. The summed E-state index contributed by atoms with van der Waals surface area (Å²) in [7, 11) is 0. The van der Waals surface area contributed by atoms with Crippen molar-refractivity contribution in [2.24, 2.45) is 0 Å². The van der Waals surface area contributed by atoms with Crippen molar-refractivity contribution in [3.05, 3.63) is 52.2 Å². The molecule has 0 unspecified atom stereocenters. The topological polar surface area (TPSA) is 41.1 Å². The quantitative estimate of drug-likeness (QED) is 0.823. The number of nitrogens with one attached hydrogen (secondary N) is 2. The van der Waals surface area contributed by atoms with Crippen molar-refractivity contribution < 1.29 is 18.0 Å². The van der Waals surface area contributed by atoms with Crippen LogP contribution in [0.25, 0.3) is 0 Å². The molecule has 0 saturated heterocycles. The van der Waals surface area contributed by atoms with Gasteiger partial charge in [-0.2, -0.15) is 24.5 Å². The predicted molar refractivity (Wildman–Crippen MR) is 85.3 cm³/mol. The van der Waals surface area contributed by atoms with E-state index >= 15 is 0 Å². The van der Waals surface area contributed by atoms with Gasteiger partial charge in [-0.05, 0) is 41.4 Å². The van der Waals surface area contributed by atoms with Crippen LogP contribution in [-0.4, -0.2) is 11.9 Å². The number of carbonyl (C=O) groups is 1. The number of carbonyl (C=O) groups excluding carboxylic acids is 1. The van der Waals surface area contributed by atoms with Gasteiger partial charge in [-0.25, -0.2) is 0 Å². The standard InChI is InChI=1S/C16H17F3N2OS/c1-11(20-9-12-6-7-23-10-12)8-15(22)21-14-5-3-2-4-13(14)16(17,18)19/h2-7,10-11,20H,8-9H2,1H3,(H,21,22)/t11-/m0/s1. The Morgan fingerprint density at radius 1 is 1.26 bits per heavy atom. The van der Waals surface area contributed by atoms with Gasteiger partial charge in [0.15, 0.2) is 0 Å². The van der Waals surface area contributed by atoms with E-state index < -0.39 is 17.6 Å². The highest BCUT2D eigenvalue weighted by molar-refractivity contribution is 7.07. The summed E-state index contributed by atoms with van der Waals surface area (Å²) in [6.45, 7) is 2.44. The first-order valence-electron chi connectivity index (χ1n) is 7.07. The van der Waals surface area contributed by atoms with E-state index in [2.05, 4.69) is 10.6 Å². The maximum absolute atomic E-state index is 12.9. The average Bonchev–Trinajstić information content (AvgIpc) is 2.97. The third-order valence-corrected chi connectivity index (χ3v) is 3.96. The summed E-state index contributed by atoms with van der Waals surface area (Å²) in [5, 5.41) is 9.47. The molecule has 1 amide bonds. The minimum absolute atomic E-state index is 0.0936. The molecule has 0 saturated carbocycles. The third-order valence-electron chi connectivity index (χ3n) is 3.23. The molecule has 23 heavy (non-hydrogen) atoms. The van der Waals surface area contributed by atoms with Gasteiger partial charge in [-0.15, -0.1) is 0 Å². The molecule has 3 nitrogen and oxygen atoms in total. The molecule has 2 N–H and O–H groups in total. The minimum Gasteiger partial charge on any atom is -0.325 e. The fourth-order valence-electron chi connectivity index (χ4n) is 2.08. The molecule has 1 aromatic carbocycles. The van der Waals surface area contributed by atoms with Crippen molar-refractivity contribution in [2.45, 2.75) is 32.1 Å². The first-order valence-corrected chi connectivity index (χ1v) is 8.01. The molecule has 0 bridgehead atoms. The molecule has 0 radical (unpaired) electrons. The number of anilines is 1. The molecular formula is C16H17F3N2OS. The Labute approximate surface area is 136 Å². The van der Waals surface area contributed by atoms with E-state index in [1.165, 1.54) is 18.2 Å². The monoisotopic (exact) mass is 342 g/mol. The molecule has 2 rings (SSSR count). The maximum atomic E-state index is 12.9. The fraction of sp³-hybridized carbons (Fsp3) is 0.312. The van der Waals surface area contributed by atoms with Crippen LogP contribution in [0.4, 0.5) is 18.9 Å². The minimum atomic E-state index is -4.49. The SMILES string of the molecule is C[C@@H](CC(=O)Nc1ccccc1C(F)(F)F)NCc1ccsc1. The van der Waals surface area contributed by atoms with Crippen molar-refractivity contribution in [1.82, 2.24) is 5.32 Å². The van der Waals surface area contributed by atoms with Crippen LogP contribution < -0.4 is 10.6 Å². The molecule has 0 aliphatic rings. The second-order valence-electron chi connectivity index (χ2n) is 5.21. The van der Waals surface area contributed by atoms with E-state index in [4.69, 9.17) is 0 Å². The number of thiophene rings is 1. The summed E-state index contributed by atoms with van der Waals surface area (Å²) in [5.41, 5.74) is 0.0620. The number of alkyl halides is 3. The fourth-order valence-corrected chi connectivity index (χ4v) is 2.74. The lowest BCUT2D eigenvalue weighted by Crippen LogP contribution is -2.30. The Bertz CT molecular complexity index is 641. The molecular weight excluding hydrogens is 325 g/mol. The Kier molecular flexibility index (Phi) is 5.79. The molecule has 0 fully saturated rings. The highest BCUT2D eigenvalue weighted by Gasteiger charge is 2.33. The zero-order chi connectivity index (χ0) is 16.9. The lowest BCUT2D eigenvalue weighted by Gasteiger charge is -2.16. The second-order valence-corrected chi connectivity index (χ2v) is 5.99. The Morgan fingerprint density at radius 3 is 2.65 bits per heavy atom. The van der Waals surface area contributed by atoms with E-state index in [-0.39, 0.29) is 18.2 Å². The molecule has 1 aromatic heterocycles. The van der Waals surface area contributed by atoms with E-state index in [0.717, 1.165) is 11.6 Å². The van der Waals surface area contributed by atoms with Gasteiger partial charge in [-0.1, -0.05) is 12.1 Å². The number of halogens is 3. The van der Waals surface area contributed by atoms with Crippen molar-refractivity contribution >= 4 is 22.9 Å². The van der Waals surface area contributed by atoms with Crippen LogP contribution in [0.5, 0.6) is 0 Å². The molecule has 124 valence electrons. The summed E-state index contributed by atoms with van der Waals surface area (Å²) in [6, 6.07) is 6.79. The lowest BCUT2D eigenvalue weighted by atomic mass is 10.1. The van der Waals surface area contributed by atoms with Crippen LogP contribution in [0.2, 0.25) is 0 Å². The van der Waals surface area contributed by atoms with Gasteiger partial charge in [0.2, 0.25) is 5.91 Å². The van der Waals surface area contributed by atoms with Crippen molar-refractivity contribution in [3.63, 3.8) is 0 Å². The van der Waals surface area contributed by atoms with Gasteiger partial charge in [0.25, 0.3) is 0 Å². The number of rotatable bonds is 6. The highest BCUT2D eigenvalue weighted by atomic mass is 32.1. The molecule has 2 aromatic rings. The van der Waals surface area contributed by atoms with Crippen LogP contribution in [0.3, 0.4) is 0 Å². The van der Waals surface area contributed by atoms with Crippen LogP contribution in [0, 0.1) is 0 Å². The Balaban J connectivity index is 1.89. The summed E-state index contributed by atoms with van der Waals surface area (Å²) in [4.78, 5) is 11.9. The van der Waals surface area contributed by atoms with Gasteiger partial charge >= 0.3 is 6.18 Å². The van der Waals surface area contributed by atoms with Crippen molar-refractivity contribution in [2.75, 3.05) is 5.32 Å². The molecule has 1 heterocycles. The van der Waals surface area contributed by atoms with Gasteiger partial charge < -0.3 is 10.6 Å². The smallest absolute Gasteiger partial charge is 0.325 e. The molecule has 0 aliphatic heterocycles. The van der Waals surface area contributed by atoms with Crippen LogP contribution in [-0.2, 0) is 17.5 Å². The first-order chi connectivity index (χ1) is 10.9. The van der Waals surface area contributed by atoms with E-state index in [0.29, 0.717) is 6.54 Å². The Hall–Kier alpha value is -1.86. The third kappa shape index (κ3) is 5.37. The molecule has 0 spiro atoms. The Morgan fingerprint density at radius 2 is 2.00 bits per heavy atom. The summed E-state index contributed by atoms with van der Waals surface area (Å²) < 4.78 is 38.6. The van der Waals surface area contributed by atoms with E-state index in [1.807, 2.05) is 23.8 Å². The van der Waals surface area contributed by atoms with Crippen molar-refractivity contribution in [3.8, 4) is 0 Å². The zero-order valence-electron chi connectivity index (χ0n) is 12.5. The van der Waals surface area contributed by atoms with Gasteiger partial charge in [0, 0.05) is 19.0 Å². The number of hydrogen-bond acceptors (Lipinski definition) is 3. The molecule has 1 atom stereocenters. The molecule has 7 heteroatoms. The number of hydrogen-bond donors (Lipinski definition) is 2. The summed E-state index contributed by atoms with van der Waals surface area (Å²) in [6.07, 6.45) is -4.40. The average molecular weight is 342 g/mol. The number of benzene rings is 1.